The monoisotopic (exact) mass is 248 g/mol. The maximum atomic E-state index is 11.5. The highest BCUT2D eigenvalue weighted by atomic mass is 16.4. The van der Waals surface area contributed by atoms with Gasteiger partial charge in [-0.1, -0.05) is 0 Å². The quantitative estimate of drug-likeness (QED) is 0.762. The smallest absolute Gasteiger partial charge is 0.388 e. The zero-order chi connectivity index (χ0) is 13.1. The van der Waals surface area contributed by atoms with Gasteiger partial charge in [0.2, 0.25) is 11.8 Å². The number of pyridine rings is 1. The van der Waals surface area contributed by atoms with Crippen molar-refractivity contribution >= 4 is 5.91 Å². The standard InChI is InChI=1S/C11H12N4O3/c1-14(2)9(16)7-15-11(17)18-10(13-15)8-3-5-12-6-4-8/h3-6H,7H2,1-2H3. The van der Waals surface area contributed by atoms with E-state index in [-0.39, 0.29) is 18.3 Å². The number of amides is 1. The second-order valence-corrected chi connectivity index (χ2v) is 3.85. The van der Waals surface area contributed by atoms with Crippen LogP contribution in [0.25, 0.3) is 11.5 Å². The Bertz CT molecular complexity index is 600. The molecule has 0 unspecified atom stereocenters. The molecule has 2 aromatic rings. The molecule has 0 aliphatic rings. The molecule has 1 amide bonds. The van der Waals surface area contributed by atoms with E-state index in [0.717, 1.165) is 4.68 Å². The number of carbonyl (C=O) groups excluding carboxylic acids is 1. The Morgan fingerprint density at radius 2 is 2.06 bits per heavy atom. The van der Waals surface area contributed by atoms with Gasteiger partial charge in [-0.25, -0.2) is 4.79 Å². The molecule has 0 atom stereocenters. The fourth-order valence-corrected chi connectivity index (χ4v) is 1.29. The molecule has 0 saturated carbocycles. The minimum atomic E-state index is -0.656. The van der Waals surface area contributed by atoms with Crippen LogP contribution in [0.4, 0.5) is 0 Å². The van der Waals surface area contributed by atoms with E-state index in [1.54, 1.807) is 38.6 Å². The van der Waals surface area contributed by atoms with Crippen molar-refractivity contribution in [2.24, 2.45) is 0 Å². The van der Waals surface area contributed by atoms with Crippen molar-refractivity contribution in [2.75, 3.05) is 14.1 Å². The lowest BCUT2D eigenvalue weighted by Gasteiger charge is -2.08. The third kappa shape index (κ3) is 2.45. The van der Waals surface area contributed by atoms with Gasteiger partial charge in [-0.3, -0.25) is 9.78 Å². The number of likely N-dealkylation sites (N-methyl/N-ethyl adjacent to an activating group) is 1. The van der Waals surface area contributed by atoms with Crippen LogP contribution in [0.5, 0.6) is 0 Å². The van der Waals surface area contributed by atoms with E-state index < -0.39 is 5.76 Å². The fraction of sp³-hybridized carbons (Fsp3) is 0.273. The van der Waals surface area contributed by atoms with Crippen LogP contribution in [0.1, 0.15) is 0 Å². The lowest BCUT2D eigenvalue weighted by atomic mass is 10.3. The summed E-state index contributed by atoms with van der Waals surface area (Å²) in [6, 6.07) is 3.34. The molecule has 0 spiro atoms. The molecule has 0 aliphatic carbocycles. The topological polar surface area (TPSA) is 81.2 Å². The van der Waals surface area contributed by atoms with Crippen LogP contribution in [0, 0.1) is 0 Å². The second kappa shape index (κ2) is 4.82. The minimum absolute atomic E-state index is 0.138. The average molecular weight is 248 g/mol. The van der Waals surface area contributed by atoms with Crippen LogP contribution >= 0.6 is 0 Å². The van der Waals surface area contributed by atoms with Crippen LogP contribution in [0.15, 0.2) is 33.7 Å². The summed E-state index contributed by atoms with van der Waals surface area (Å²) >= 11 is 0. The molecule has 2 aromatic heterocycles. The van der Waals surface area contributed by atoms with Crippen LogP contribution in [0.2, 0.25) is 0 Å². The third-order valence-corrected chi connectivity index (χ3v) is 2.32. The Kier molecular flexibility index (Phi) is 3.22. The Hall–Kier alpha value is -2.44. The Balaban J connectivity index is 2.28. The van der Waals surface area contributed by atoms with E-state index >= 15 is 0 Å². The van der Waals surface area contributed by atoms with E-state index in [1.165, 1.54) is 4.90 Å². The Labute approximate surface area is 103 Å². The lowest BCUT2D eigenvalue weighted by Crippen LogP contribution is -2.30. The van der Waals surface area contributed by atoms with Gasteiger partial charge in [-0.2, -0.15) is 4.68 Å². The first kappa shape index (κ1) is 12.0. The molecule has 94 valence electrons. The molecule has 0 fully saturated rings. The van der Waals surface area contributed by atoms with Gasteiger partial charge in [0, 0.05) is 32.1 Å². The maximum Gasteiger partial charge on any atom is 0.437 e. The van der Waals surface area contributed by atoms with Gasteiger partial charge in [0.25, 0.3) is 0 Å². The van der Waals surface area contributed by atoms with Crippen molar-refractivity contribution < 1.29 is 9.21 Å². The summed E-state index contributed by atoms with van der Waals surface area (Å²) in [5.41, 5.74) is 0.637. The molecule has 0 N–H and O–H groups in total. The van der Waals surface area contributed by atoms with Crippen molar-refractivity contribution in [3.63, 3.8) is 0 Å². The van der Waals surface area contributed by atoms with Crippen LogP contribution in [-0.2, 0) is 11.3 Å². The van der Waals surface area contributed by atoms with Gasteiger partial charge in [-0.05, 0) is 12.1 Å². The van der Waals surface area contributed by atoms with Crippen LogP contribution < -0.4 is 5.76 Å². The summed E-state index contributed by atoms with van der Waals surface area (Å²) < 4.78 is 5.98. The van der Waals surface area contributed by atoms with Crippen LogP contribution in [0.3, 0.4) is 0 Å². The van der Waals surface area contributed by atoms with Gasteiger partial charge in [0.1, 0.15) is 6.54 Å². The highest BCUT2D eigenvalue weighted by Crippen LogP contribution is 2.12. The number of carbonyl (C=O) groups is 1. The van der Waals surface area contributed by atoms with Crippen molar-refractivity contribution in [1.29, 1.82) is 0 Å². The molecule has 0 aliphatic heterocycles. The van der Waals surface area contributed by atoms with Crippen molar-refractivity contribution in [3.05, 3.63) is 35.1 Å². The summed E-state index contributed by atoms with van der Waals surface area (Å²) in [6.45, 7) is -0.138. The summed E-state index contributed by atoms with van der Waals surface area (Å²) in [7, 11) is 3.22. The first-order chi connectivity index (χ1) is 8.58. The number of rotatable bonds is 3. The molecule has 0 radical (unpaired) electrons. The van der Waals surface area contributed by atoms with Crippen molar-refractivity contribution in [2.45, 2.75) is 6.54 Å². The Morgan fingerprint density at radius 1 is 1.39 bits per heavy atom. The largest absolute Gasteiger partial charge is 0.437 e. The zero-order valence-electron chi connectivity index (χ0n) is 10.0. The summed E-state index contributed by atoms with van der Waals surface area (Å²) in [5.74, 6) is -0.711. The molecule has 18 heavy (non-hydrogen) atoms. The lowest BCUT2D eigenvalue weighted by molar-refractivity contribution is -0.129. The first-order valence-corrected chi connectivity index (χ1v) is 5.26. The molecular weight excluding hydrogens is 236 g/mol. The zero-order valence-corrected chi connectivity index (χ0v) is 10.0. The number of aromatic nitrogens is 3. The van der Waals surface area contributed by atoms with E-state index in [9.17, 15) is 9.59 Å². The number of hydrogen-bond donors (Lipinski definition) is 0. The van der Waals surface area contributed by atoms with Gasteiger partial charge < -0.3 is 9.32 Å². The molecule has 2 rings (SSSR count). The van der Waals surface area contributed by atoms with Gasteiger partial charge in [0.15, 0.2) is 0 Å². The molecule has 7 nitrogen and oxygen atoms in total. The Morgan fingerprint density at radius 3 is 2.67 bits per heavy atom. The minimum Gasteiger partial charge on any atom is -0.388 e. The highest BCUT2D eigenvalue weighted by molar-refractivity contribution is 5.75. The van der Waals surface area contributed by atoms with Crippen LogP contribution in [-0.4, -0.2) is 39.7 Å². The van der Waals surface area contributed by atoms with E-state index in [4.69, 9.17) is 4.42 Å². The van der Waals surface area contributed by atoms with Gasteiger partial charge in [-0.15, -0.1) is 5.10 Å². The first-order valence-electron chi connectivity index (χ1n) is 5.26. The second-order valence-electron chi connectivity index (χ2n) is 3.85. The summed E-state index contributed by atoms with van der Waals surface area (Å²) in [4.78, 5) is 28.2. The SMILES string of the molecule is CN(C)C(=O)Cn1nc(-c2ccncc2)oc1=O. The summed E-state index contributed by atoms with van der Waals surface area (Å²) in [6.07, 6.45) is 3.14. The van der Waals surface area contributed by atoms with E-state index in [1.807, 2.05) is 0 Å². The third-order valence-electron chi connectivity index (χ3n) is 2.32. The number of nitrogens with zero attached hydrogens (tertiary/aromatic N) is 4. The number of hydrogen-bond acceptors (Lipinski definition) is 5. The van der Waals surface area contributed by atoms with Crippen molar-refractivity contribution in [3.8, 4) is 11.5 Å². The van der Waals surface area contributed by atoms with E-state index in [2.05, 4.69) is 10.1 Å². The predicted molar refractivity (Wildman–Crippen MR) is 62.7 cm³/mol. The molecular formula is C11H12N4O3. The highest BCUT2D eigenvalue weighted by Gasteiger charge is 2.13. The average Bonchev–Trinajstić information content (AvgIpc) is 2.72. The maximum absolute atomic E-state index is 11.5. The summed E-state index contributed by atoms with van der Waals surface area (Å²) in [5, 5.41) is 3.96. The molecule has 2 heterocycles. The molecule has 0 aromatic carbocycles. The molecule has 0 saturated heterocycles. The van der Waals surface area contributed by atoms with Gasteiger partial charge in [0.05, 0.1) is 0 Å². The molecule has 0 bridgehead atoms. The van der Waals surface area contributed by atoms with E-state index in [0.29, 0.717) is 5.56 Å². The van der Waals surface area contributed by atoms with Gasteiger partial charge >= 0.3 is 5.76 Å². The van der Waals surface area contributed by atoms with Crippen molar-refractivity contribution in [1.82, 2.24) is 19.7 Å². The fourth-order valence-electron chi connectivity index (χ4n) is 1.29. The normalized spacial score (nSPS) is 10.3. The predicted octanol–water partition coefficient (Wildman–Crippen LogP) is -0.0135. The molecule has 7 heteroatoms.